The smallest absolute Gasteiger partial charge is 0.344 e. The molecule has 1 aromatic heterocycles. The molecule has 0 bridgehead atoms. The van der Waals surface area contributed by atoms with Gasteiger partial charge in [-0.25, -0.2) is 9.18 Å². The molecule has 0 radical (unpaired) electrons. The molecule has 0 aliphatic carbocycles. The van der Waals surface area contributed by atoms with Crippen LogP contribution in [-0.2, 0) is 12.8 Å². The van der Waals surface area contributed by atoms with Crippen LogP contribution in [0.4, 0.5) is 4.39 Å². The molecule has 0 N–H and O–H groups in total. The van der Waals surface area contributed by atoms with Crippen LogP contribution in [0.25, 0.3) is 32.9 Å². The Bertz CT molecular complexity index is 1320. The van der Waals surface area contributed by atoms with Crippen molar-refractivity contribution < 1.29 is 8.81 Å². The van der Waals surface area contributed by atoms with Crippen molar-refractivity contribution in [2.24, 2.45) is 0 Å². The Morgan fingerprint density at radius 2 is 1.31 bits per heavy atom. The minimum atomic E-state index is -0.485. The van der Waals surface area contributed by atoms with E-state index in [9.17, 15) is 4.79 Å². The van der Waals surface area contributed by atoms with Crippen LogP contribution in [0.15, 0.2) is 63.8 Å². The maximum atomic E-state index is 15.3. The van der Waals surface area contributed by atoms with Gasteiger partial charge in [-0.15, -0.1) is 0 Å². The van der Waals surface area contributed by atoms with Gasteiger partial charge in [-0.1, -0.05) is 107 Å². The monoisotopic (exact) mass is 472 g/mol. The van der Waals surface area contributed by atoms with Gasteiger partial charge in [0.25, 0.3) is 0 Å². The van der Waals surface area contributed by atoms with E-state index < -0.39 is 5.63 Å². The third-order valence-corrected chi connectivity index (χ3v) is 7.06. The van der Waals surface area contributed by atoms with E-state index >= 15 is 4.39 Å². The molecule has 0 saturated heterocycles. The molecular formula is C32H37FO2. The van der Waals surface area contributed by atoms with Gasteiger partial charge in [0.2, 0.25) is 0 Å². The molecule has 0 aliphatic heterocycles. The lowest BCUT2D eigenvalue weighted by molar-refractivity contribution is 0.521. The van der Waals surface area contributed by atoms with E-state index in [2.05, 4.69) is 38.1 Å². The maximum Gasteiger partial charge on any atom is 0.344 e. The molecule has 4 aromatic rings. The second-order valence-electron chi connectivity index (χ2n) is 9.74. The van der Waals surface area contributed by atoms with E-state index in [1.54, 1.807) is 0 Å². The van der Waals surface area contributed by atoms with Crippen molar-refractivity contribution in [2.75, 3.05) is 0 Å². The van der Waals surface area contributed by atoms with Crippen molar-refractivity contribution in [3.63, 3.8) is 0 Å². The van der Waals surface area contributed by atoms with Crippen LogP contribution in [-0.4, -0.2) is 0 Å². The van der Waals surface area contributed by atoms with Crippen molar-refractivity contribution in [1.29, 1.82) is 0 Å². The topological polar surface area (TPSA) is 30.2 Å². The molecule has 3 heteroatoms. The summed E-state index contributed by atoms with van der Waals surface area (Å²) >= 11 is 0. The number of unbranched alkanes of at least 4 members (excludes halogenated alkanes) is 7. The average Bonchev–Trinajstić information content (AvgIpc) is 2.88. The molecule has 0 saturated carbocycles. The van der Waals surface area contributed by atoms with Crippen molar-refractivity contribution >= 4 is 21.7 Å². The zero-order valence-corrected chi connectivity index (χ0v) is 21.2. The molecule has 0 atom stereocenters. The van der Waals surface area contributed by atoms with Gasteiger partial charge in [0, 0.05) is 10.8 Å². The molecule has 2 nitrogen and oxygen atoms in total. The van der Waals surface area contributed by atoms with Crippen LogP contribution in [0.5, 0.6) is 0 Å². The van der Waals surface area contributed by atoms with Crippen molar-refractivity contribution in [2.45, 2.75) is 84.5 Å². The summed E-state index contributed by atoms with van der Waals surface area (Å²) in [6.45, 7) is 4.41. The number of aryl methyl sites for hydroxylation is 2. The fourth-order valence-electron chi connectivity index (χ4n) is 4.89. The number of benzene rings is 3. The maximum absolute atomic E-state index is 15.3. The summed E-state index contributed by atoms with van der Waals surface area (Å²) in [4.78, 5) is 12.9. The van der Waals surface area contributed by atoms with Gasteiger partial charge in [-0.3, -0.25) is 0 Å². The number of halogens is 1. The Kier molecular flexibility index (Phi) is 8.74. The van der Waals surface area contributed by atoms with Gasteiger partial charge < -0.3 is 4.42 Å². The van der Waals surface area contributed by atoms with Crippen LogP contribution in [0.2, 0.25) is 0 Å². The zero-order chi connectivity index (χ0) is 24.6. The van der Waals surface area contributed by atoms with E-state index in [0.717, 1.165) is 35.8 Å². The van der Waals surface area contributed by atoms with E-state index in [1.807, 2.05) is 30.3 Å². The Hall–Kier alpha value is -2.94. The fourth-order valence-corrected chi connectivity index (χ4v) is 4.89. The van der Waals surface area contributed by atoms with Gasteiger partial charge in [-0.05, 0) is 54.0 Å². The minimum Gasteiger partial charge on any atom is -0.419 e. The first-order chi connectivity index (χ1) is 17.1. The molecule has 3 aromatic carbocycles. The summed E-state index contributed by atoms with van der Waals surface area (Å²) in [7, 11) is 0. The summed E-state index contributed by atoms with van der Waals surface area (Å²) in [6, 6.07) is 18.1. The SMILES string of the molecule is CCCCCCCCCc1ccc2c(oc(=O)c3cc(-c4ccc(CCCC)cc4)ccc32)c1F. The predicted molar refractivity (Wildman–Crippen MR) is 146 cm³/mol. The summed E-state index contributed by atoms with van der Waals surface area (Å²) in [5, 5.41) is 1.88. The highest BCUT2D eigenvalue weighted by Gasteiger charge is 2.15. The predicted octanol–water partition coefficient (Wildman–Crippen LogP) is 9.39. The third kappa shape index (κ3) is 6.01. The number of fused-ring (bicyclic) bond motifs is 3. The normalized spacial score (nSPS) is 11.5. The summed E-state index contributed by atoms with van der Waals surface area (Å²) in [6.07, 6.45) is 12.4. The molecule has 0 unspecified atom stereocenters. The lowest BCUT2D eigenvalue weighted by atomic mass is 9.97. The first-order valence-corrected chi connectivity index (χ1v) is 13.4. The number of hydrogen-bond acceptors (Lipinski definition) is 2. The summed E-state index contributed by atoms with van der Waals surface area (Å²) in [5.74, 6) is -0.390. The Morgan fingerprint density at radius 3 is 2.06 bits per heavy atom. The van der Waals surface area contributed by atoms with Crippen LogP contribution in [0.3, 0.4) is 0 Å². The molecule has 0 amide bonds. The van der Waals surface area contributed by atoms with Gasteiger partial charge in [0.15, 0.2) is 11.4 Å². The zero-order valence-electron chi connectivity index (χ0n) is 21.2. The molecule has 0 fully saturated rings. The molecular weight excluding hydrogens is 435 g/mol. The largest absolute Gasteiger partial charge is 0.419 e. The second-order valence-corrected chi connectivity index (χ2v) is 9.74. The first kappa shape index (κ1) is 25.2. The van der Waals surface area contributed by atoms with E-state index in [-0.39, 0.29) is 11.4 Å². The number of rotatable bonds is 12. The van der Waals surface area contributed by atoms with E-state index in [4.69, 9.17) is 4.42 Å². The second kappa shape index (κ2) is 12.2. The van der Waals surface area contributed by atoms with Crippen molar-refractivity contribution in [1.82, 2.24) is 0 Å². The lowest BCUT2D eigenvalue weighted by Gasteiger charge is -2.10. The van der Waals surface area contributed by atoms with Crippen LogP contribution in [0.1, 0.15) is 82.8 Å². The minimum absolute atomic E-state index is 0.0796. The van der Waals surface area contributed by atoms with Gasteiger partial charge >= 0.3 is 5.63 Å². The Morgan fingerprint density at radius 1 is 0.657 bits per heavy atom. The van der Waals surface area contributed by atoms with Crippen LogP contribution >= 0.6 is 0 Å². The van der Waals surface area contributed by atoms with Crippen LogP contribution < -0.4 is 5.63 Å². The van der Waals surface area contributed by atoms with Gasteiger partial charge in [-0.2, -0.15) is 0 Å². The van der Waals surface area contributed by atoms with Crippen LogP contribution in [0, 0.1) is 5.82 Å². The highest BCUT2D eigenvalue weighted by Crippen LogP contribution is 2.30. The first-order valence-electron chi connectivity index (χ1n) is 13.4. The van der Waals surface area contributed by atoms with Crippen molar-refractivity contribution in [3.05, 3.63) is 82.0 Å². The Labute approximate surface area is 208 Å². The molecule has 4 rings (SSSR count). The average molecular weight is 473 g/mol. The number of hydrogen-bond donors (Lipinski definition) is 0. The third-order valence-electron chi connectivity index (χ3n) is 7.06. The molecule has 0 aliphatic rings. The standard InChI is InChI=1S/C32H37FO2/c1-3-5-7-8-9-10-11-13-25-18-21-28-27-20-19-26(22-29(27)32(34)35-31(28)30(25)33)24-16-14-23(15-17-24)12-6-4-2/h14-22H,3-13H2,1-2H3. The van der Waals surface area contributed by atoms with Gasteiger partial charge in [0.05, 0.1) is 5.39 Å². The Balaban J connectivity index is 1.55. The van der Waals surface area contributed by atoms with Gasteiger partial charge in [0.1, 0.15) is 0 Å². The molecule has 35 heavy (non-hydrogen) atoms. The molecule has 184 valence electrons. The summed E-state index contributed by atoms with van der Waals surface area (Å²) < 4.78 is 20.8. The highest BCUT2D eigenvalue weighted by atomic mass is 19.1. The summed E-state index contributed by atoms with van der Waals surface area (Å²) in [5.41, 5.74) is 3.57. The highest BCUT2D eigenvalue weighted by molar-refractivity contribution is 6.05. The fraction of sp³-hybridized carbons (Fsp3) is 0.406. The van der Waals surface area contributed by atoms with Crippen molar-refractivity contribution in [3.8, 4) is 11.1 Å². The molecule has 0 spiro atoms. The van der Waals surface area contributed by atoms with E-state index in [1.165, 1.54) is 50.5 Å². The van der Waals surface area contributed by atoms with E-state index in [0.29, 0.717) is 22.8 Å². The molecule has 1 heterocycles. The lowest BCUT2D eigenvalue weighted by Crippen LogP contribution is -2.03. The quantitative estimate of drug-likeness (QED) is 0.117.